The number of hydrogen-bond acceptors (Lipinski definition) is 4. The summed E-state index contributed by atoms with van der Waals surface area (Å²) in [6, 6.07) is 2.14. The van der Waals surface area contributed by atoms with Gasteiger partial charge in [-0.25, -0.2) is 22.8 Å². The molecule has 1 atom stereocenters. The Labute approximate surface area is 180 Å². The number of hydrogen-bond donors (Lipinski definition) is 1. The summed E-state index contributed by atoms with van der Waals surface area (Å²) in [5, 5.41) is 13.3. The van der Waals surface area contributed by atoms with Gasteiger partial charge in [0.1, 0.15) is 17.2 Å². The van der Waals surface area contributed by atoms with Crippen molar-refractivity contribution in [2.75, 3.05) is 0 Å². The average molecular weight is 437 g/mol. The van der Waals surface area contributed by atoms with Crippen LogP contribution in [0.1, 0.15) is 24.1 Å². The van der Waals surface area contributed by atoms with Gasteiger partial charge in [0.25, 0.3) is 0 Å². The molecule has 1 N–H and O–H groups in total. The van der Waals surface area contributed by atoms with E-state index in [9.17, 15) is 13.2 Å². The molecule has 4 heterocycles. The number of benzene rings is 1. The maximum Gasteiger partial charge on any atom is 0.164 e. The number of nitrogens with one attached hydrogen (secondary N) is 1. The van der Waals surface area contributed by atoms with E-state index in [-0.39, 0.29) is 11.1 Å². The normalized spacial score (nSPS) is 12.6. The zero-order valence-corrected chi connectivity index (χ0v) is 17.4. The molecular formula is C22H18F3N7. The molecule has 5 rings (SSSR count). The molecular weight excluding hydrogens is 419 g/mol. The fourth-order valence-electron chi connectivity index (χ4n) is 3.73. The molecule has 1 aromatic carbocycles. The van der Waals surface area contributed by atoms with Crippen molar-refractivity contribution in [3.05, 3.63) is 71.7 Å². The maximum absolute atomic E-state index is 14.6. The lowest BCUT2D eigenvalue weighted by Gasteiger charge is -2.14. The zero-order valence-electron chi connectivity index (χ0n) is 17.4. The third kappa shape index (κ3) is 3.15. The summed E-state index contributed by atoms with van der Waals surface area (Å²) >= 11 is 0. The summed E-state index contributed by atoms with van der Waals surface area (Å²) in [7, 11) is 1.84. The van der Waals surface area contributed by atoms with Crippen LogP contribution in [0.2, 0.25) is 0 Å². The van der Waals surface area contributed by atoms with Crippen LogP contribution in [0.4, 0.5) is 13.2 Å². The number of pyridine rings is 1. The van der Waals surface area contributed by atoms with E-state index in [0.717, 1.165) is 28.1 Å². The van der Waals surface area contributed by atoms with E-state index < -0.39 is 23.5 Å². The third-order valence-corrected chi connectivity index (χ3v) is 5.61. The molecule has 0 bridgehead atoms. The second-order valence-corrected chi connectivity index (χ2v) is 7.69. The highest BCUT2D eigenvalue weighted by Gasteiger charge is 2.22. The molecule has 0 radical (unpaired) electrons. The number of nitrogens with zero attached hydrogens (tertiary/aromatic N) is 6. The lowest BCUT2D eigenvalue weighted by atomic mass is 10.0. The van der Waals surface area contributed by atoms with Gasteiger partial charge in [0.2, 0.25) is 0 Å². The van der Waals surface area contributed by atoms with Gasteiger partial charge in [-0.2, -0.15) is 5.10 Å². The van der Waals surface area contributed by atoms with Gasteiger partial charge in [-0.15, -0.1) is 5.10 Å². The van der Waals surface area contributed by atoms with E-state index in [1.807, 2.05) is 19.3 Å². The Morgan fingerprint density at radius 1 is 1.03 bits per heavy atom. The Hall–Kier alpha value is -3.95. The smallest absolute Gasteiger partial charge is 0.164 e. The topological polar surface area (TPSA) is 77.2 Å². The summed E-state index contributed by atoms with van der Waals surface area (Å²) in [6.07, 6.45) is 8.82. The Morgan fingerprint density at radius 2 is 1.84 bits per heavy atom. The molecule has 0 amide bonds. The number of halogens is 3. The Bertz CT molecular complexity index is 1460. The Morgan fingerprint density at radius 3 is 2.59 bits per heavy atom. The van der Waals surface area contributed by atoms with Crippen LogP contribution >= 0.6 is 0 Å². The van der Waals surface area contributed by atoms with Gasteiger partial charge < -0.3 is 4.98 Å². The molecule has 0 aliphatic rings. The first-order chi connectivity index (χ1) is 15.3. The van der Waals surface area contributed by atoms with Crippen LogP contribution < -0.4 is 0 Å². The molecule has 10 heteroatoms. The molecule has 4 aromatic heterocycles. The standard InChI is InChI=1S/C22H18F3N7/c1-11-20(24)15(5-18(23)21(11)25)12(2)32-10-19(29-30-32)17-8-27-22-16(17)4-13(6-26-22)14-7-28-31(3)9-14/h4-10,12H,1-3H3,(H,26,27). The van der Waals surface area contributed by atoms with Crippen LogP contribution in [-0.4, -0.2) is 34.7 Å². The van der Waals surface area contributed by atoms with E-state index in [0.29, 0.717) is 11.3 Å². The van der Waals surface area contributed by atoms with Gasteiger partial charge in [-0.3, -0.25) is 4.68 Å². The monoisotopic (exact) mass is 437 g/mol. The molecule has 162 valence electrons. The van der Waals surface area contributed by atoms with Gasteiger partial charge >= 0.3 is 0 Å². The van der Waals surface area contributed by atoms with E-state index >= 15 is 0 Å². The van der Waals surface area contributed by atoms with Crippen molar-refractivity contribution in [2.24, 2.45) is 7.05 Å². The number of rotatable bonds is 4. The molecule has 0 aliphatic carbocycles. The molecule has 32 heavy (non-hydrogen) atoms. The van der Waals surface area contributed by atoms with E-state index in [4.69, 9.17) is 0 Å². The highest BCUT2D eigenvalue weighted by Crippen LogP contribution is 2.31. The Kier molecular flexibility index (Phi) is 4.58. The van der Waals surface area contributed by atoms with Crippen LogP contribution in [0.15, 0.2) is 43.1 Å². The van der Waals surface area contributed by atoms with Crippen molar-refractivity contribution in [1.82, 2.24) is 34.7 Å². The minimum absolute atomic E-state index is 0.00249. The average Bonchev–Trinajstić information content (AvgIpc) is 3.53. The summed E-state index contributed by atoms with van der Waals surface area (Å²) < 4.78 is 45.3. The van der Waals surface area contributed by atoms with Crippen molar-refractivity contribution >= 4 is 11.0 Å². The first-order valence-corrected chi connectivity index (χ1v) is 9.86. The molecule has 1 unspecified atom stereocenters. The zero-order chi connectivity index (χ0) is 22.6. The molecule has 7 nitrogen and oxygen atoms in total. The maximum atomic E-state index is 14.6. The molecule has 0 aliphatic heterocycles. The number of aryl methyl sites for hydroxylation is 1. The fraction of sp³-hybridized carbons (Fsp3) is 0.182. The molecule has 5 aromatic rings. The van der Waals surface area contributed by atoms with Gasteiger partial charge in [0.05, 0.1) is 18.4 Å². The van der Waals surface area contributed by atoms with Crippen molar-refractivity contribution in [2.45, 2.75) is 19.9 Å². The van der Waals surface area contributed by atoms with Crippen LogP contribution in [0.3, 0.4) is 0 Å². The first kappa shape index (κ1) is 20.0. The van der Waals surface area contributed by atoms with Crippen LogP contribution in [0, 0.1) is 24.4 Å². The van der Waals surface area contributed by atoms with Crippen LogP contribution in [0.25, 0.3) is 33.4 Å². The van der Waals surface area contributed by atoms with Crippen molar-refractivity contribution < 1.29 is 13.2 Å². The van der Waals surface area contributed by atoms with Crippen LogP contribution in [-0.2, 0) is 7.05 Å². The van der Waals surface area contributed by atoms with E-state index in [1.165, 1.54) is 11.6 Å². The first-order valence-electron chi connectivity index (χ1n) is 9.86. The van der Waals surface area contributed by atoms with Gasteiger partial charge in [-0.05, 0) is 26.0 Å². The number of H-pyrrole nitrogens is 1. The second kappa shape index (κ2) is 7.33. The SMILES string of the molecule is Cc1c(F)c(F)cc(C(C)n2cc(-c3c[nH]c4ncc(-c5cnn(C)c5)cc34)nn2)c1F. The lowest BCUT2D eigenvalue weighted by Crippen LogP contribution is -2.12. The van der Waals surface area contributed by atoms with Crippen LogP contribution in [0.5, 0.6) is 0 Å². The summed E-state index contributed by atoms with van der Waals surface area (Å²) in [5.74, 6) is -3.09. The quantitative estimate of drug-likeness (QED) is 0.418. The molecule has 0 saturated carbocycles. The third-order valence-electron chi connectivity index (χ3n) is 5.61. The summed E-state index contributed by atoms with van der Waals surface area (Å²) in [5.41, 5.74) is 3.43. The highest BCUT2D eigenvalue weighted by molar-refractivity contribution is 5.94. The van der Waals surface area contributed by atoms with Crippen molar-refractivity contribution in [1.29, 1.82) is 0 Å². The van der Waals surface area contributed by atoms with Gasteiger partial charge in [0, 0.05) is 58.8 Å². The van der Waals surface area contributed by atoms with E-state index in [1.54, 1.807) is 36.4 Å². The van der Waals surface area contributed by atoms with Crippen molar-refractivity contribution in [3.63, 3.8) is 0 Å². The lowest BCUT2D eigenvalue weighted by molar-refractivity contribution is 0.460. The van der Waals surface area contributed by atoms with Crippen molar-refractivity contribution in [3.8, 4) is 22.4 Å². The summed E-state index contributed by atoms with van der Waals surface area (Å²) in [6.45, 7) is 2.85. The minimum Gasteiger partial charge on any atom is -0.345 e. The predicted molar refractivity (Wildman–Crippen MR) is 112 cm³/mol. The predicted octanol–water partition coefficient (Wildman–Crippen LogP) is 4.56. The second-order valence-electron chi connectivity index (χ2n) is 7.69. The number of fused-ring (bicyclic) bond motifs is 1. The number of aromatic nitrogens is 7. The Balaban J connectivity index is 1.54. The number of aromatic amines is 1. The molecule has 0 spiro atoms. The van der Waals surface area contributed by atoms with E-state index in [2.05, 4.69) is 25.4 Å². The minimum atomic E-state index is -1.19. The van der Waals surface area contributed by atoms with Gasteiger partial charge in [0.15, 0.2) is 11.6 Å². The van der Waals surface area contributed by atoms with Gasteiger partial charge in [-0.1, -0.05) is 5.21 Å². The fourth-order valence-corrected chi connectivity index (χ4v) is 3.73. The largest absolute Gasteiger partial charge is 0.345 e. The molecule has 0 fully saturated rings. The highest BCUT2D eigenvalue weighted by atomic mass is 19.2. The summed E-state index contributed by atoms with van der Waals surface area (Å²) in [4.78, 5) is 7.58. The molecule has 0 saturated heterocycles.